The highest BCUT2D eigenvalue weighted by Gasteiger charge is 2.04. The van der Waals surface area contributed by atoms with Crippen LogP contribution >= 0.6 is 11.6 Å². The Morgan fingerprint density at radius 3 is 2.76 bits per heavy atom. The second-order valence-electron chi connectivity index (χ2n) is 4.79. The molecule has 0 fully saturated rings. The summed E-state index contributed by atoms with van der Waals surface area (Å²) in [5.41, 5.74) is 2.17. The highest BCUT2D eigenvalue weighted by atomic mass is 35.5. The number of para-hydroxylation sites is 1. The van der Waals surface area contributed by atoms with Crippen LogP contribution in [-0.4, -0.2) is 19.1 Å². The molecule has 0 saturated carbocycles. The lowest BCUT2D eigenvalue weighted by Crippen LogP contribution is -2.29. The Morgan fingerprint density at radius 2 is 2.00 bits per heavy atom. The number of hydrogen-bond acceptors (Lipinski definition) is 2. The van der Waals surface area contributed by atoms with Crippen molar-refractivity contribution < 1.29 is 9.53 Å². The van der Waals surface area contributed by atoms with Crippen molar-refractivity contribution in [1.82, 2.24) is 5.32 Å². The van der Waals surface area contributed by atoms with Crippen molar-refractivity contribution in [3.63, 3.8) is 0 Å². The number of hydrogen-bond donors (Lipinski definition) is 1. The molecule has 4 heteroatoms. The number of ether oxygens (including phenoxy) is 1. The van der Waals surface area contributed by atoms with Gasteiger partial charge in [0.05, 0.1) is 18.0 Å². The molecule has 0 bridgehead atoms. The van der Waals surface area contributed by atoms with Gasteiger partial charge in [0.2, 0.25) is 5.91 Å². The van der Waals surface area contributed by atoms with E-state index in [-0.39, 0.29) is 5.91 Å². The summed E-state index contributed by atoms with van der Waals surface area (Å²) in [4.78, 5) is 11.8. The maximum absolute atomic E-state index is 11.8. The highest BCUT2D eigenvalue weighted by Crippen LogP contribution is 2.22. The summed E-state index contributed by atoms with van der Waals surface area (Å²) < 4.78 is 5.51. The van der Waals surface area contributed by atoms with E-state index in [0.717, 1.165) is 11.1 Å². The van der Waals surface area contributed by atoms with Gasteiger partial charge in [-0.1, -0.05) is 53.6 Å². The Hall–Kier alpha value is -2.00. The van der Waals surface area contributed by atoms with Crippen molar-refractivity contribution in [3.8, 4) is 5.75 Å². The molecule has 0 aromatic heterocycles. The molecule has 2 aromatic carbocycles. The molecule has 2 rings (SSSR count). The highest BCUT2D eigenvalue weighted by molar-refractivity contribution is 6.32. The van der Waals surface area contributed by atoms with Crippen LogP contribution in [0.4, 0.5) is 0 Å². The molecule has 21 heavy (non-hydrogen) atoms. The predicted octanol–water partition coefficient (Wildman–Crippen LogP) is 3.39. The van der Waals surface area contributed by atoms with Gasteiger partial charge in [-0.15, -0.1) is 0 Å². The number of rotatable bonds is 6. The van der Waals surface area contributed by atoms with E-state index in [1.807, 2.05) is 43.3 Å². The van der Waals surface area contributed by atoms with Crippen LogP contribution in [0.1, 0.15) is 11.1 Å². The third-order valence-electron chi connectivity index (χ3n) is 2.97. The average molecular weight is 304 g/mol. The van der Waals surface area contributed by atoms with Crippen LogP contribution in [0, 0.1) is 6.92 Å². The molecule has 0 spiro atoms. The fourth-order valence-corrected chi connectivity index (χ4v) is 2.17. The minimum atomic E-state index is -0.0108. The van der Waals surface area contributed by atoms with Crippen LogP contribution in [0.25, 0.3) is 0 Å². The number of carbonyl (C=O) groups excluding carboxylic acids is 1. The molecule has 1 N–H and O–H groups in total. The first-order valence-corrected chi connectivity index (χ1v) is 7.22. The van der Waals surface area contributed by atoms with E-state index in [9.17, 15) is 4.79 Å². The minimum absolute atomic E-state index is 0.0108. The van der Waals surface area contributed by atoms with Gasteiger partial charge in [0.1, 0.15) is 12.4 Å². The van der Waals surface area contributed by atoms with Gasteiger partial charge in [0.25, 0.3) is 0 Å². The molecule has 110 valence electrons. The van der Waals surface area contributed by atoms with Crippen LogP contribution in [0.15, 0.2) is 48.5 Å². The van der Waals surface area contributed by atoms with E-state index < -0.39 is 0 Å². The standard InChI is InChI=1S/C17H18ClNO2/c1-13-5-4-6-14(11-13)12-17(20)19-9-10-21-16-8-3-2-7-15(16)18/h2-8,11H,9-10,12H2,1H3,(H,19,20). The molecular formula is C17H18ClNO2. The lowest BCUT2D eigenvalue weighted by Gasteiger charge is -2.09. The van der Waals surface area contributed by atoms with E-state index >= 15 is 0 Å². The number of aryl methyl sites for hydroxylation is 1. The number of halogens is 1. The molecule has 0 aliphatic carbocycles. The number of benzene rings is 2. The predicted molar refractivity (Wildman–Crippen MR) is 84.8 cm³/mol. The van der Waals surface area contributed by atoms with Crippen molar-refractivity contribution in [2.24, 2.45) is 0 Å². The van der Waals surface area contributed by atoms with Crippen molar-refractivity contribution in [1.29, 1.82) is 0 Å². The monoisotopic (exact) mass is 303 g/mol. The molecular weight excluding hydrogens is 286 g/mol. The van der Waals surface area contributed by atoms with Crippen LogP contribution < -0.4 is 10.1 Å². The summed E-state index contributed by atoms with van der Waals surface area (Å²) in [6.07, 6.45) is 0.383. The fraction of sp³-hybridized carbons (Fsp3) is 0.235. The first kappa shape index (κ1) is 15.4. The first-order chi connectivity index (χ1) is 10.1. The third kappa shape index (κ3) is 5.12. The van der Waals surface area contributed by atoms with E-state index in [1.54, 1.807) is 12.1 Å². The van der Waals surface area contributed by atoms with Crippen LogP contribution in [0.2, 0.25) is 5.02 Å². The van der Waals surface area contributed by atoms with E-state index in [1.165, 1.54) is 0 Å². The molecule has 2 aromatic rings. The Labute approximate surface area is 129 Å². The summed E-state index contributed by atoms with van der Waals surface area (Å²) in [7, 11) is 0. The zero-order chi connectivity index (χ0) is 15.1. The van der Waals surface area contributed by atoms with Gasteiger partial charge >= 0.3 is 0 Å². The Balaban J connectivity index is 1.71. The van der Waals surface area contributed by atoms with E-state index in [2.05, 4.69) is 5.32 Å². The van der Waals surface area contributed by atoms with Gasteiger partial charge in [-0.3, -0.25) is 4.79 Å². The summed E-state index contributed by atoms with van der Waals surface area (Å²) in [6.45, 7) is 2.86. The van der Waals surface area contributed by atoms with Gasteiger partial charge in [-0.25, -0.2) is 0 Å². The van der Waals surface area contributed by atoms with Gasteiger partial charge in [0.15, 0.2) is 0 Å². The number of amides is 1. The molecule has 0 saturated heterocycles. The second kappa shape index (κ2) is 7.70. The fourth-order valence-electron chi connectivity index (χ4n) is 1.98. The molecule has 0 aliphatic rings. The SMILES string of the molecule is Cc1cccc(CC(=O)NCCOc2ccccc2Cl)c1. The Kier molecular flexibility index (Phi) is 5.64. The molecule has 3 nitrogen and oxygen atoms in total. The Morgan fingerprint density at radius 1 is 1.19 bits per heavy atom. The van der Waals surface area contributed by atoms with Gasteiger partial charge < -0.3 is 10.1 Å². The van der Waals surface area contributed by atoms with Crippen molar-refractivity contribution in [3.05, 3.63) is 64.7 Å². The summed E-state index contributed by atoms with van der Waals surface area (Å²) in [6, 6.07) is 15.2. The quantitative estimate of drug-likeness (QED) is 0.831. The van der Waals surface area contributed by atoms with E-state index in [0.29, 0.717) is 30.3 Å². The minimum Gasteiger partial charge on any atom is -0.490 e. The lowest BCUT2D eigenvalue weighted by molar-refractivity contribution is -0.120. The van der Waals surface area contributed by atoms with Crippen LogP contribution in [0.3, 0.4) is 0 Å². The van der Waals surface area contributed by atoms with Crippen LogP contribution in [0.5, 0.6) is 5.75 Å². The second-order valence-corrected chi connectivity index (χ2v) is 5.20. The van der Waals surface area contributed by atoms with Gasteiger partial charge in [0, 0.05) is 0 Å². The summed E-state index contributed by atoms with van der Waals surface area (Å²) in [5.74, 6) is 0.621. The zero-order valence-electron chi connectivity index (χ0n) is 11.9. The first-order valence-electron chi connectivity index (χ1n) is 6.85. The molecule has 0 unspecified atom stereocenters. The largest absolute Gasteiger partial charge is 0.490 e. The number of nitrogens with one attached hydrogen (secondary N) is 1. The topological polar surface area (TPSA) is 38.3 Å². The maximum Gasteiger partial charge on any atom is 0.224 e. The number of carbonyl (C=O) groups is 1. The maximum atomic E-state index is 11.8. The normalized spacial score (nSPS) is 10.2. The molecule has 1 amide bonds. The van der Waals surface area contributed by atoms with E-state index in [4.69, 9.17) is 16.3 Å². The Bertz CT molecular complexity index is 613. The molecule has 0 aliphatic heterocycles. The lowest BCUT2D eigenvalue weighted by atomic mass is 10.1. The van der Waals surface area contributed by atoms with Crippen LogP contribution in [-0.2, 0) is 11.2 Å². The zero-order valence-corrected chi connectivity index (χ0v) is 12.7. The molecule has 0 atom stereocenters. The van der Waals surface area contributed by atoms with Gasteiger partial charge in [-0.2, -0.15) is 0 Å². The van der Waals surface area contributed by atoms with Crippen molar-refractivity contribution in [2.45, 2.75) is 13.3 Å². The average Bonchev–Trinajstić information content (AvgIpc) is 2.45. The molecule has 0 heterocycles. The molecule has 0 radical (unpaired) electrons. The summed E-state index contributed by atoms with van der Waals surface area (Å²) in [5, 5.41) is 3.41. The smallest absolute Gasteiger partial charge is 0.224 e. The van der Waals surface area contributed by atoms with Crippen molar-refractivity contribution in [2.75, 3.05) is 13.2 Å². The summed E-state index contributed by atoms with van der Waals surface area (Å²) >= 11 is 5.98. The van der Waals surface area contributed by atoms with Gasteiger partial charge in [-0.05, 0) is 24.6 Å². The third-order valence-corrected chi connectivity index (χ3v) is 3.28. The van der Waals surface area contributed by atoms with Crippen molar-refractivity contribution >= 4 is 17.5 Å².